The summed E-state index contributed by atoms with van der Waals surface area (Å²) < 4.78 is 42.5. The molecular weight excluding hydrogens is 261 g/mol. The molecule has 0 spiro atoms. The van der Waals surface area contributed by atoms with Crippen molar-refractivity contribution in [1.82, 2.24) is 4.90 Å². The first-order chi connectivity index (χ1) is 8.52. The molecule has 1 rings (SSSR count). The maximum Gasteiger partial charge on any atom is 0.410 e. The van der Waals surface area contributed by atoms with Crippen molar-refractivity contribution in [1.29, 1.82) is 0 Å². The Balaban J connectivity index is 2.63. The number of hydrogen-bond donors (Lipinski definition) is 1. The second-order valence-corrected chi connectivity index (χ2v) is 5.96. The molecule has 0 unspecified atom stereocenters. The lowest BCUT2D eigenvalue weighted by Crippen LogP contribution is -2.36. The van der Waals surface area contributed by atoms with Crippen LogP contribution in [0.4, 0.5) is 18.0 Å². The molecule has 0 radical (unpaired) electrons. The van der Waals surface area contributed by atoms with Crippen LogP contribution in [0, 0.1) is 11.8 Å². The Morgan fingerprint density at radius 3 is 2.21 bits per heavy atom. The molecule has 2 N–H and O–H groups in total. The van der Waals surface area contributed by atoms with Crippen LogP contribution in [0.2, 0.25) is 0 Å². The van der Waals surface area contributed by atoms with Crippen LogP contribution in [0.5, 0.6) is 0 Å². The summed E-state index contributed by atoms with van der Waals surface area (Å²) in [5, 5.41) is 0. The van der Waals surface area contributed by atoms with Gasteiger partial charge in [0, 0.05) is 19.5 Å². The molecule has 0 aromatic rings. The summed E-state index contributed by atoms with van der Waals surface area (Å²) in [5.74, 6) is -0.966. The van der Waals surface area contributed by atoms with Gasteiger partial charge in [-0.05, 0) is 39.2 Å². The number of hydrogen-bond acceptors (Lipinski definition) is 3. The minimum Gasteiger partial charge on any atom is -0.444 e. The number of ether oxygens (including phenoxy) is 1. The SMILES string of the molecule is CC(C)(C)OC(=O)N1C[C@H](CC(F)(F)F)[C@@H](CN)C1. The predicted molar refractivity (Wildman–Crippen MR) is 64.5 cm³/mol. The Morgan fingerprint density at radius 2 is 1.79 bits per heavy atom. The van der Waals surface area contributed by atoms with E-state index in [-0.39, 0.29) is 25.6 Å². The monoisotopic (exact) mass is 282 g/mol. The second kappa shape index (κ2) is 5.56. The summed E-state index contributed by atoms with van der Waals surface area (Å²) in [6.45, 7) is 5.57. The molecule has 0 aromatic heterocycles. The molecule has 0 saturated carbocycles. The van der Waals surface area contributed by atoms with Gasteiger partial charge >= 0.3 is 12.3 Å². The van der Waals surface area contributed by atoms with Crippen LogP contribution in [-0.4, -0.2) is 42.4 Å². The van der Waals surface area contributed by atoms with Gasteiger partial charge in [0.25, 0.3) is 0 Å². The Morgan fingerprint density at radius 1 is 1.26 bits per heavy atom. The summed E-state index contributed by atoms with van der Waals surface area (Å²) in [7, 11) is 0. The summed E-state index contributed by atoms with van der Waals surface area (Å²) in [5.41, 5.74) is 4.83. The number of nitrogens with zero attached hydrogens (tertiary/aromatic N) is 1. The third kappa shape index (κ3) is 5.26. The largest absolute Gasteiger partial charge is 0.444 e. The number of carbonyl (C=O) groups excluding carboxylic acids is 1. The molecule has 112 valence electrons. The number of rotatable bonds is 2. The molecule has 0 bridgehead atoms. The van der Waals surface area contributed by atoms with Gasteiger partial charge in [-0.15, -0.1) is 0 Å². The zero-order valence-corrected chi connectivity index (χ0v) is 11.5. The number of alkyl halides is 3. The molecule has 1 heterocycles. The normalized spacial score (nSPS) is 24.7. The minimum atomic E-state index is -4.23. The smallest absolute Gasteiger partial charge is 0.410 e. The Hall–Kier alpha value is -0.980. The van der Waals surface area contributed by atoms with Crippen molar-refractivity contribution in [2.45, 2.75) is 39.0 Å². The van der Waals surface area contributed by atoms with Crippen molar-refractivity contribution in [3.63, 3.8) is 0 Å². The number of halogens is 3. The van der Waals surface area contributed by atoms with E-state index in [0.29, 0.717) is 0 Å². The fourth-order valence-electron chi connectivity index (χ4n) is 2.21. The van der Waals surface area contributed by atoms with Crippen molar-refractivity contribution in [2.24, 2.45) is 17.6 Å². The topological polar surface area (TPSA) is 55.6 Å². The van der Waals surface area contributed by atoms with Gasteiger partial charge in [-0.2, -0.15) is 13.2 Å². The fraction of sp³-hybridized carbons (Fsp3) is 0.917. The molecule has 0 aliphatic carbocycles. The van der Waals surface area contributed by atoms with Crippen LogP contribution in [0.25, 0.3) is 0 Å². The van der Waals surface area contributed by atoms with Gasteiger partial charge in [0.2, 0.25) is 0 Å². The maximum atomic E-state index is 12.4. The van der Waals surface area contributed by atoms with Crippen LogP contribution in [0.15, 0.2) is 0 Å². The van der Waals surface area contributed by atoms with E-state index in [1.807, 2.05) is 0 Å². The lowest BCUT2D eigenvalue weighted by molar-refractivity contribution is -0.145. The van der Waals surface area contributed by atoms with Crippen LogP contribution >= 0.6 is 0 Å². The molecule has 1 amide bonds. The molecule has 2 atom stereocenters. The molecular formula is C12H21F3N2O2. The average molecular weight is 282 g/mol. The first-order valence-corrected chi connectivity index (χ1v) is 6.26. The van der Waals surface area contributed by atoms with Crippen molar-refractivity contribution in [3.8, 4) is 0 Å². The highest BCUT2D eigenvalue weighted by Gasteiger charge is 2.42. The summed E-state index contributed by atoms with van der Waals surface area (Å²) in [4.78, 5) is 13.1. The molecule has 19 heavy (non-hydrogen) atoms. The zero-order valence-electron chi connectivity index (χ0n) is 11.5. The van der Waals surface area contributed by atoms with Crippen LogP contribution in [0.3, 0.4) is 0 Å². The summed E-state index contributed by atoms with van der Waals surface area (Å²) in [6, 6.07) is 0. The average Bonchev–Trinajstić information content (AvgIpc) is 2.55. The standard InChI is InChI=1S/C12H21F3N2O2/c1-11(2,3)19-10(18)17-6-8(4-12(13,14)15)9(5-16)7-17/h8-9H,4-7,16H2,1-3H3/t8-,9-/m0/s1. The summed E-state index contributed by atoms with van der Waals surface area (Å²) in [6.07, 6.45) is -5.72. The van der Waals surface area contributed by atoms with E-state index in [4.69, 9.17) is 10.5 Å². The molecule has 1 fully saturated rings. The van der Waals surface area contributed by atoms with Crippen molar-refractivity contribution >= 4 is 6.09 Å². The first kappa shape index (κ1) is 16.1. The zero-order chi connectivity index (χ0) is 14.8. The maximum absolute atomic E-state index is 12.4. The van der Waals surface area contributed by atoms with Crippen LogP contribution < -0.4 is 5.73 Å². The van der Waals surface area contributed by atoms with Crippen molar-refractivity contribution in [3.05, 3.63) is 0 Å². The second-order valence-electron chi connectivity index (χ2n) is 5.96. The minimum absolute atomic E-state index is 0.0519. The molecule has 7 heteroatoms. The number of amides is 1. The first-order valence-electron chi connectivity index (χ1n) is 6.26. The molecule has 1 saturated heterocycles. The van der Waals surface area contributed by atoms with Gasteiger partial charge in [-0.25, -0.2) is 4.79 Å². The number of nitrogens with two attached hydrogens (primary N) is 1. The third-order valence-electron chi connectivity index (χ3n) is 3.02. The number of carbonyl (C=O) groups is 1. The van der Waals surface area contributed by atoms with Gasteiger partial charge in [-0.1, -0.05) is 0 Å². The van der Waals surface area contributed by atoms with E-state index in [1.54, 1.807) is 20.8 Å². The third-order valence-corrected chi connectivity index (χ3v) is 3.02. The highest BCUT2D eigenvalue weighted by atomic mass is 19.4. The molecule has 0 aromatic carbocycles. The van der Waals surface area contributed by atoms with Gasteiger partial charge in [0.05, 0.1) is 0 Å². The van der Waals surface area contributed by atoms with E-state index in [1.165, 1.54) is 4.90 Å². The molecule has 1 aliphatic heterocycles. The summed E-state index contributed by atoms with van der Waals surface area (Å²) >= 11 is 0. The van der Waals surface area contributed by atoms with E-state index in [0.717, 1.165) is 0 Å². The predicted octanol–water partition coefficient (Wildman–Crippen LogP) is 2.38. The van der Waals surface area contributed by atoms with E-state index >= 15 is 0 Å². The number of likely N-dealkylation sites (tertiary alicyclic amines) is 1. The Kier molecular flexibility index (Phi) is 4.71. The Labute approximate surface area is 111 Å². The lowest BCUT2D eigenvalue weighted by Gasteiger charge is -2.24. The van der Waals surface area contributed by atoms with Crippen LogP contribution in [0.1, 0.15) is 27.2 Å². The highest BCUT2D eigenvalue weighted by molar-refractivity contribution is 5.68. The molecule has 4 nitrogen and oxygen atoms in total. The van der Waals surface area contributed by atoms with Gasteiger partial charge in [0.15, 0.2) is 0 Å². The van der Waals surface area contributed by atoms with Crippen molar-refractivity contribution in [2.75, 3.05) is 19.6 Å². The van der Waals surface area contributed by atoms with Gasteiger partial charge in [0.1, 0.15) is 5.60 Å². The van der Waals surface area contributed by atoms with E-state index in [9.17, 15) is 18.0 Å². The molecule has 1 aliphatic rings. The van der Waals surface area contributed by atoms with Gasteiger partial charge in [-0.3, -0.25) is 0 Å². The highest BCUT2D eigenvalue weighted by Crippen LogP contribution is 2.34. The lowest BCUT2D eigenvalue weighted by atomic mass is 9.93. The van der Waals surface area contributed by atoms with Crippen molar-refractivity contribution < 1.29 is 22.7 Å². The van der Waals surface area contributed by atoms with Crippen LogP contribution in [-0.2, 0) is 4.74 Å². The van der Waals surface area contributed by atoms with E-state index < -0.39 is 30.2 Å². The quantitative estimate of drug-likeness (QED) is 0.846. The van der Waals surface area contributed by atoms with E-state index in [2.05, 4.69) is 0 Å². The fourth-order valence-corrected chi connectivity index (χ4v) is 2.21. The Bertz CT molecular complexity index is 326. The van der Waals surface area contributed by atoms with Gasteiger partial charge < -0.3 is 15.4 Å².